The van der Waals surface area contributed by atoms with Crippen molar-refractivity contribution in [1.82, 2.24) is 14.9 Å². The molecule has 186 valence electrons. The van der Waals surface area contributed by atoms with E-state index < -0.39 is 10.8 Å². The van der Waals surface area contributed by atoms with Gasteiger partial charge in [0, 0.05) is 46.2 Å². The number of hydrogen-bond donors (Lipinski definition) is 3. The number of ether oxygens (including phenoxy) is 1. The second-order valence-corrected chi connectivity index (χ2v) is 10.4. The maximum atomic E-state index is 13.0. The first kappa shape index (κ1) is 24.3. The maximum Gasteiger partial charge on any atom is 0.259 e. The van der Waals surface area contributed by atoms with Crippen LogP contribution in [0.3, 0.4) is 0 Å². The Morgan fingerprint density at radius 1 is 1.06 bits per heavy atom. The molecule has 2 heterocycles. The molecule has 3 N–H and O–H groups in total. The average molecular weight is 506 g/mol. The second kappa shape index (κ2) is 9.94. The fourth-order valence-corrected chi connectivity index (χ4v) is 5.02. The summed E-state index contributed by atoms with van der Waals surface area (Å²) in [7, 11) is 0.959. The number of benzene rings is 3. The highest BCUT2D eigenvalue weighted by molar-refractivity contribution is 7.84. The third kappa shape index (κ3) is 4.70. The van der Waals surface area contributed by atoms with Gasteiger partial charge >= 0.3 is 0 Å². The quantitative estimate of drug-likeness (QED) is 0.354. The average Bonchev–Trinajstić information content (AvgIpc) is 2.87. The molecule has 1 aliphatic rings. The van der Waals surface area contributed by atoms with Crippen LogP contribution in [-0.4, -0.2) is 61.8 Å². The Labute approximate surface area is 210 Å². The number of likely N-dealkylation sites (N-methyl/N-ethyl adjacent to an activating group) is 1. The van der Waals surface area contributed by atoms with E-state index in [0.29, 0.717) is 33.4 Å². The van der Waals surface area contributed by atoms with Crippen molar-refractivity contribution >= 4 is 21.7 Å². The SMILES string of the molecule is CN1CC(Oc2ccc(-c3nc4cc(CO)cc(CO)c4c(=O)[nH]3)cc2-c2ccc(S(C)=O)cc2)C1. The van der Waals surface area contributed by atoms with E-state index in [9.17, 15) is 19.2 Å². The highest BCUT2D eigenvalue weighted by atomic mass is 32.2. The molecule has 0 aliphatic carbocycles. The molecule has 1 aromatic heterocycles. The van der Waals surface area contributed by atoms with E-state index in [1.54, 1.807) is 18.4 Å². The number of H-pyrrole nitrogens is 1. The number of likely N-dealkylation sites (tertiary alicyclic amines) is 1. The van der Waals surface area contributed by atoms with E-state index in [1.165, 1.54) is 0 Å². The van der Waals surface area contributed by atoms with E-state index in [1.807, 2.05) is 49.5 Å². The lowest BCUT2D eigenvalue weighted by Gasteiger charge is -2.36. The number of aromatic nitrogens is 2. The van der Waals surface area contributed by atoms with Crippen LogP contribution in [0.5, 0.6) is 5.75 Å². The van der Waals surface area contributed by atoms with Crippen molar-refractivity contribution in [2.75, 3.05) is 26.4 Å². The highest BCUT2D eigenvalue weighted by Crippen LogP contribution is 2.35. The minimum atomic E-state index is -1.08. The molecule has 3 aromatic carbocycles. The van der Waals surface area contributed by atoms with Crippen LogP contribution in [0.2, 0.25) is 0 Å². The number of hydrogen-bond acceptors (Lipinski definition) is 7. The molecule has 0 spiro atoms. The molecule has 1 aliphatic heterocycles. The molecule has 0 saturated carbocycles. The van der Waals surface area contributed by atoms with Crippen molar-refractivity contribution in [3.8, 4) is 28.3 Å². The van der Waals surface area contributed by atoms with Gasteiger partial charge in [-0.3, -0.25) is 13.9 Å². The molecule has 8 nitrogen and oxygen atoms in total. The molecule has 1 fully saturated rings. The Kier molecular flexibility index (Phi) is 6.72. The van der Waals surface area contributed by atoms with Crippen LogP contribution in [-0.2, 0) is 24.0 Å². The summed E-state index contributed by atoms with van der Waals surface area (Å²) < 4.78 is 18.1. The molecule has 5 rings (SSSR count). The predicted molar refractivity (Wildman–Crippen MR) is 139 cm³/mol. The van der Waals surface area contributed by atoms with Crippen LogP contribution >= 0.6 is 0 Å². The van der Waals surface area contributed by atoms with Gasteiger partial charge < -0.3 is 19.9 Å². The molecule has 36 heavy (non-hydrogen) atoms. The summed E-state index contributed by atoms with van der Waals surface area (Å²) in [4.78, 5) is 23.4. The standard InChI is InChI=1S/C27H27N3O5S/c1-30-12-20(13-30)35-24-8-5-18(11-22(24)17-3-6-21(7-4-17)36(2)34)26-28-23-10-16(14-31)9-19(15-32)25(23)27(33)29-26/h3-11,20,31-32H,12-15H2,1-2H3,(H,28,29,33). The van der Waals surface area contributed by atoms with Gasteiger partial charge in [0.1, 0.15) is 17.7 Å². The van der Waals surface area contributed by atoms with Crippen LogP contribution in [0.4, 0.5) is 0 Å². The fourth-order valence-electron chi connectivity index (χ4n) is 4.50. The number of aliphatic hydroxyl groups excluding tert-OH is 2. The lowest BCUT2D eigenvalue weighted by molar-refractivity contribution is 0.0392. The number of aromatic amines is 1. The summed E-state index contributed by atoms with van der Waals surface area (Å²) >= 11 is 0. The van der Waals surface area contributed by atoms with Gasteiger partial charge in [-0.1, -0.05) is 18.2 Å². The summed E-state index contributed by atoms with van der Waals surface area (Å²) in [5.74, 6) is 1.09. The minimum absolute atomic E-state index is 0.0921. The topological polar surface area (TPSA) is 116 Å². The molecule has 1 atom stereocenters. The zero-order valence-corrected chi connectivity index (χ0v) is 20.8. The molecule has 0 radical (unpaired) electrons. The Morgan fingerprint density at radius 3 is 2.42 bits per heavy atom. The highest BCUT2D eigenvalue weighted by Gasteiger charge is 2.26. The summed E-state index contributed by atoms with van der Waals surface area (Å²) in [5, 5.41) is 19.6. The fraction of sp³-hybridized carbons (Fsp3) is 0.259. The molecular formula is C27H27N3O5S. The Balaban J connectivity index is 1.62. The number of nitrogens with zero attached hydrogens (tertiary/aromatic N) is 2. The van der Waals surface area contributed by atoms with Crippen molar-refractivity contribution in [3.05, 3.63) is 76.1 Å². The van der Waals surface area contributed by atoms with Gasteiger partial charge in [0.15, 0.2) is 0 Å². The van der Waals surface area contributed by atoms with Gasteiger partial charge in [-0.2, -0.15) is 0 Å². The smallest absolute Gasteiger partial charge is 0.259 e. The lowest BCUT2D eigenvalue weighted by Crippen LogP contribution is -2.51. The van der Waals surface area contributed by atoms with Gasteiger partial charge in [-0.25, -0.2) is 4.98 Å². The first-order valence-electron chi connectivity index (χ1n) is 11.6. The van der Waals surface area contributed by atoms with Crippen molar-refractivity contribution < 1.29 is 19.2 Å². The molecule has 1 unspecified atom stereocenters. The molecular weight excluding hydrogens is 478 g/mol. The van der Waals surface area contributed by atoms with Gasteiger partial charge in [-0.15, -0.1) is 0 Å². The number of aliphatic hydroxyl groups is 2. The molecule has 0 amide bonds. The second-order valence-electron chi connectivity index (χ2n) is 9.03. The zero-order valence-electron chi connectivity index (χ0n) is 20.0. The Morgan fingerprint density at radius 2 is 1.78 bits per heavy atom. The number of fused-ring (bicyclic) bond motifs is 1. The Bertz CT molecular complexity index is 1510. The van der Waals surface area contributed by atoms with Gasteiger partial charge in [0.25, 0.3) is 5.56 Å². The molecule has 9 heteroatoms. The Hall–Kier alpha value is -3.37. The molecule has 1 saturated heterocycles. The van der Waals surface area contributed by atoms with E-state index in [0.717, 1.165) is 34.9 Å². The van der Waals surface area contributed by atoms with Crippen molar-refractivity contribution in [2.24, 2.45) is 0 Å². The van der Waals surface area contributed by atoms with E-state index in [2.05, 4.69) is 14.9 Å². The van der Waals surface area contributed by atoms with Gasteiger partial charge in [0.2, 0.25) is 0 Å². The van der Waals surface area contributed by atoms with Crippen LogP contribution in [0, 0.1) is 0 Å². The van der Waals surface area contributed by atoms with E-state index >= 15 is 0 Å². The lowest BCUT2D eigenvalue weighted by atomic mass is 10.0. The van der Waals surface area contributed by atoms with Crippen LogP contribution in [0.15, 0.2) is 64.3 Å². The summed E-state index contributed by atoms with van der Waals surface area (Å²) in [5.41, 5.74) is 3.43. The van der Waals surface area contributed by atoms with Crippen molar-refractivity contribution in [1.29, 1.82) is 0 Å². The van der Waals surface area contributed by atoms with E-state index in [4.69, 9.17) is 4.74 Å². The first-order valence-corrected chi connectivity index (χ1v) is 13.1. The maximum absolute atomic E-state index is 13.0. The van der Waals surface area contributed by atoms with Crippen LogP contribution < -0.4 is 10.3 Å². The summed E-state index contributed by atoms with van der Waals surface area (Å²) in [6.07, 6.45) is 1.73. The van der Waals surface area contributed by atoms with E-state index in [-0.39, 0.29) is 24.9 Å². The summed E-state index contributed by atoms with van der Waals surface area (Å²) in [6.45, 7) is 1.13. The van der Waals surface area contributed by atoms with Crippen LogP contribution in [0.1, 0.15) is 11.1 Å². The minimum Gasteiger partial charge on any atom is -0.487 e. The number of nitrogens with one attached hydrogen (secondary N) is 1. The van der Waals surface area contributed by atoms with Crippen LogP contribution in [0.25, 0.3) is 33.4 Å². The third-order valence-electron chi connectivity index (χ3n) is 6.38. The summed E-state index contributed by atoms with van der Waals surface area (Å²) in [6, 6.07) is 16.4. The normalized spacial score (nSPS) is 15.1. The monoisotopic (exact) mass is 505 g/mol. The largest absolute Gasteiger partial charge is 0.487 e. The number of rotatable bonds is 7. The van der Waals surface area contributed by atoms with Gasteiger partial charge in [0.05, 0.1) is 24.1 Å². The molecule has 0 bridgehead atoms. The molecule has 4 aromatic rings. The third-order valence-corrected chi connectivity index (χ3v) is 7.31. The predicted octanol–water partition coefficient (Wildman–Crippen LogP) is 2.67. The zero-order chi connectivity index (χ0) is 25.4. The first-order chi connectivity index (χ1) is 17.4. The van der Waals surface area contributed by atoms with Gasteiger partial charge in [-0.05, 0) is 60.1 Å². The van der Waals surface area contributed by atoms with Crippen molar-refractivity contribution in [2.45, 2.75) is 24.2 Å². The van der Waals surface area contributed by atoms with Crippen molar-refractivity contribution in [3.63, 3.8) is 0 Å².